The number of benzene rings is 1. The van der Waals surface area contributed by atoms with E-state index in [2.05, 4.69) is 4.74 Å². The van der Waals surface area contributed by atoms with Gasteiger partial charge in [0.1, 0.15) is 11.6 Å². The Bertz CT molecular complexity index is 350. The Morgan fingerprint density at radius 1 is 1.33 bits per heavy atom. The average Bonchev–Trinajstić information content (AvgIpc) is 2.09. The van der Waals surface area contributed by atoms with Gasteiger partial charge in [0, 0.05) is 6.07 Å². The monoisotopic (exact) mass is 223 g/mol. The third-order valence-electron chi connectivity index (χ3n) is 1.74. The SMILES string of the molecule is CC(Oc1cc(F)ccc1N)C(F)(F)F. The van der Waals surface area contributed by atoms with Gasteiger partial charge in [-0.25, -0.2) is 4.39 Å². The molecule has 0 aliphatic rings. The molecule has 0 saturated heterocycles. The zero-order valence-corrected chi connectivity index (χ0v) is 7.81. The first-order chi connectivity index (χ1) is 6.80. The number of nitrogens with two attached hydrogens (primary N) is 1. The van der Waals surface area contributed by atoms with Gasteiger partial charge >= 0.3 is 6.18 Å². The van der Waals surface area contributed by atoms with Gasteiger partial charge in [-0.1, -0.05) is 0 Å². The molecule has 1 atom stereocenters. The van der Waals surface area contributed by atoms with Crippen molar-refractivity contribution in [1.82, 2.24) is 0 Å². The van der Waals surface area contributed by atoms with Crippen LogP contribution in [0.2, 0.25) is 0 Å². The molecule has 1 unspecified atom stereocenters. The maximum atomic E-state index is 12.7. The van der Waals surface area contributed by atoms with Crippen molar-refractivity contribution in [2.24, 2.45) is 0 Å². The summed E-state index contributed by atoms with van der Waals surface area (Å²) in [4.78, 5) is 0. The minimum Gasteiger partial charge on any atom is -0.479 e. The quantitative estimate of drug-likeness (QED) is 0.618. The second kappa shape index (κ2) is 3.96. The molecule has 0 aliphatic carbocycles. The van der Waals surface area contributed by atoms with Crippen molar-refractivity contribution in [2.75, 3.05) is 5.73 Å². The molecule has 0 saturated carbocycles. The van der Waals surface area contributed by atoms with E-state index in [4.69, 9.17) is 5.73 Å². The lowest BCUT2D eigenvalue weighted by molar-refractivity contribution is -0.189. The van der Waals surface area contributed by atoms with E-state index in [1.165, 1.54) is 0 Å². The number of halogens is 4. The number of alkyl halides is 3. The topological polar surface area (TPSA) is 35.2 Å². The van der Waals surface area contributed by atoms with Crippen LogP contribution in [0.5, 0.6) is 5.75 Å². The maximum Gasteiger partial charge on any atom is 0.425 e. The van der Waals surface area contributed by atoms with E-state index >= 15 is 0 Å². The molecule has 84 valence electrons. The predicted molar refractivity (Wildman–Crippen MR) is 47.0 cm³/mol. The van der Waals surface area contributed by atoms with Gasteiger partial charge in [0.2, 0.25) is 0 Å². The molecule has 1 rings (SSSR count). The standard InChI is InChI=1S/C9H9F4NO/c1-5(9(11,12)13)15-8-4-6(10)2-3-7(8)14/h2-5H,14H2,1H3. The maximum absolute atomic E-state index is 12.7. The van der Waals surface area contributed by atoms with Crippen LogP contribution in [0.4, 0.5) is 23.2 Å². The summed E-state index contributed by atoms with van der Waals surface area (Å²) in [6.45, 7) is 0.824. The molecule has 0 aromatic heterocycles. The van der Waals surface area contributed by atoms with Gasteiger partial charge in [-0.15, -0.1) is 0 Å². The summed E-state index contributed by atoms with van der Waals surface area (Å²) in [6, 6.07) is 3.01. The molecule has 2 N–H and O–H groups in total. The van der Waals surface area contributed by atoms with Crippen LogP contribution in [-0.2, 0) is 0 Å². The van der Waals surface area contributed by atoms with Crippen molar-refractivity contribution in [3.63, 3.8) is 0 Å². The molecule has 1 aromatic rings. The Balaban J connectivity index is 2.85. The lowest BCUT2D eigenvalue weighted by Crippen LogP contribution is -2.31. The van der Waals surface area contributed by atoms with Crippen molar-refractivity contribution in [3.8, 4) is 5.75 Å². The molecule has 0 radical (unpaired) electrons. The van der Waals surface area contributed by atoms with Gasteiger partial charge in [-0.05, 0) is 19.1 Å². The summed E-state index contributed by atoms with van der Waals surface area (Å²) < 4.78 is 53.5. The first-order valence-corrected chi connectivity index (χ1v) is 4.09. The summed E-state index contributed by atoms with van der Waals surface area (Å²) in [6.07, 6.45) is -6.53. The average molecular weight is 223 g/mol. The van der Waals surface area contributed by atoms with Crippen LogP contribution in [0.15, 0.2) is 18.2 Å². The van der Waals surface area contributed by atoms with Gasteiger partial charge in [-0.2, -0.15) is 13.2 Å². The highest BCUT2D eigenvalue weighted by Gasteiger charge is 2.38. The van der Waals surface area contributed by atoms with Crippen molar-refractivity contribution in [3.05, 3.63) is 24.0 Å². The molecule has 0 aliphatic heterocycles. The van der Waals surface area contributed by atoms with E-state index in [0.29, 0.717) is 0 Å². The van der Waals surface area contributed by atoms with Crippen LogP contribution in [-0.4, -0.2) is 12.3 Å². The van der Waals surface area contributed by atoms with Crippen molar-refractivity contribution in [1.29, 1.82) is 0 Å². The highest BCUT2D eigenvalue weighted by Crippen LogP contribution is 2.28. The first kappa shape index (κ1) is 11.6. The number of hydrogen-bond acceptors (Lipinski definition) is 2. The van der Waals surface area contributed by atoms with Crippen LogP contribution in [0.25, 0.3) is 0 Å². The van der Waals surface area contributed by atoms with E-state index in [9.17, 15) is 17.6 Å². The molecule has 2 nitrogen and oxygen atoms in total. The van der Waals surface area contributed by atoms with Crippen LogP contribution in [0.3, 0.4) is 0 Å². The lowest BCUT2D eigenvalue weighted by atomic mass is 10.3. The Labute approximate surface area is 83.6 Å². The summed E-state index contributed by atoms with van der Waals surface area (Å²) >= 11 is 0. The third kappa shape index (κ3) is 3.00. The van der Waals surface area contributed by atoms with Crippen LogP contribution >= 0.6 is 0 Å². The van der Waals surface area contributed by atoms with Gasteiger partial charge in [0.25, 0.3) is 0 Å². The number of anilines is 1. The highest BCUT2D eigenvalue weighted by molar-refractivity contribution is 5.52. The van der Waals surface area contributed by atoms with Gasteiger partial charge < -0.3 is 10.5 Å². The largest absolute Gasteiger partial charge is 0.479 e. The summed E-state index contributed by atoms with van der Waals surface area (Å²) in [5.41, 5.74) is 5.29. The van der Waals surface area contributed by atoms with Crippen LogP contribution in [0.1, 0.15) is 6.92 Å². The number of ether oxygens (including phenoxy) is 1. The minimum atomic E-state index is -4.50. The first-order valence-electron chi connectivity index (χ1n) is 4.09. The zero-order chi connectivity index (χ0) is 11.6. The zero-order valence-electron chi connectivity index (χ0n) is 7.81. The molecular weight excluding hydrogens is 214 g/mol. The molecule has 0 spiro atoms. The van der Waals surface area contributed by atoms with Gasteiger partial charge in [0.05, 0.1) is 5.69 Å². The second-order valence-corrected chi connectivity index (χ2v) is 2.98. The summed E-state index contributed by atoms with van der Waals surface area (Å²) in [7, 11) is 0. The van der Waals surface area contributed by atoms with E-state index < -0.39 is 18.1 Å². The molecule has 1 aromatic carbocycles. The lowest BCUT2D eigenvalue weighted by Gasteiger charge is -2.18. The summed E-state index contributed by atoms with van der Waals surface area (Å²) in [5, 5.41) is 0. The molecule has 15 heavy (non-hydrogen) atoms. The molecule has 0 bridgehead atoms. The number of rotatable bonds is 2. The fourth-order valence-corrected chi connectivity index (χ4v) is 0.868. The van der Waals surface area contributed by atoms with E-state index in [-0.39, 0.29) is 11.4 Å². The van der Waals surface area contributed by atoms with Crippen LogP contribution in [0, 0.1) is 5.82 Å². The van der Waals surface area contributed by atoms with Crippen molar-refractivity contribution in [2.45, 2.75) is 19.2 Å². The Morgan fingerprint density at radius 2 is 1.93 bits per heavy atom. The normalized spacial score (nSPS) is 13.7. The fraction of sp³-hybridized carbons (Fsp3) is 0.333. The second-order valence-electron chi connectivity index (χ2n) is 2.98. The third-order valence-corrected chi connectivity index (χ3v) is 1.74. The van der Waals surface area contributed by atoms with Gasteiger partial charge in [0.15, 0.2) is 6.10 Å². The van der Waals surface area contributed by atoms with Gasteiger partial charge in [-0.3, -0.25) is 0 Å². The molecule has 0 heterocycles. The van der Waals surface area contributed by atoms with Crippen LogP contribution < -0.4 is 10.5 Å². The van der Waals surface area contributed by atoms with Crippen molar-refractivity contribution < 1.29 is 22.3 Å². The number of hydrogen-bond donors (Lipinski definition) is 1. The predicted octanol–water partition coefficient (Wildman–Crippen LogP) is 2.74. The fourth-order valence-electron chi connectivity index (χ4n) is 0.868. The Morgan fingerprint density at radius 3 is 2.47 bits per heavy atom. The van der Waals surface area contributed by atoms with E-state index in [1.54, 1.807) is 0 Å². The molecule has 0 amide bonds. The summed E-state index contributed by atoms with van der Waals surface area (Å²) in [5.74, 6) is -1.01. The van der Waals surface area contributed by atoms with Crippen molar-refractivity contribution >= 4 is 5.69 Å². The highest BCUT2D eigenvalue weighted by atomic mass is 19.4. The Hall–Kier alpha value is -1.46. The Kier molecular flexibility index (Phi) is 3.06. The van der Waals surface area contributed by atoms with E-state index in [1.807, 2.05) is 0 Å². The molecular formula is C9H9F4NO. The van der Waals surface area contributed by atoms with E-state index in [0.717, 1.165) is 25.1 Å². The minimum absolute atomic E-state index is 0.0347. The molecule has 0 fully saturated rings. The smallest absolute Gasteiger partial charge is 0.425 e. The number of nitrogen functional groups attached to an aromatic ring is 1. The molecule has 6 heteroatoms.